The van der Waals surface area contributed by atoms with Crippen molar-refractivity contribution < 1.29 is 14.3 Å². The quantitative estimate of drug-likeness (QED) is 0.657. The molecule has 2 aliphatic heterocycles. The Morgan fingerprint density at radius 3 is 2.67 bits per heavy atom. The van der Waals surface area contributed by atoms with Crippen LogP contribution in [0.15, 0.2) is 48.5 Å². The second-order valence-corrected chi connectivity index (χ2v) is 9.65. The summed E-state index contributed by atoms with van der Waals surface area (Å²) in [5, 5.41) is 0. The number of hydrogen-bond donors (Lipinski definition) is 0. The number of benzene rings is 2. The lowest BCUT2D eigenvalue weighted by atomic mass is 9.73. The summed E-state index contributed by atoms with van der Waals surface area (Å²) >= 11 is 0. The number of para-hydroxylation sites is 1. The molecule has 0 unspecified atom stereocenters. The van der Waals surface area contributed by atoms with E-state index in [0.29, 0.717) is 13.2 Å². The molecule has 1 spiro atoms. The number of carbonyl (C=O) groups excluding carboxylic acids is 1. The van der Waals surface area contributed by atoms with Crippen LogP contribution in [-0.4, -0.2) is 62.1 Å². The SMILES string of the molecule is CCOc1cccc(C(=O)N2CCC3(CCCCc4ccccc4OCCN(C)C3)CC2)c1. The first-order valence-corrected chi connectivity index (χ1v) is 12.5. The zero-order valence-electron chi connectivity index (χ0n) is 20.2. The second-order valence-electron chi connectivity index (χ2n) is 9.65. The van der Waals surface area contributed by atoms with Crippen LogP contribution in [0.5, 0.6) is 11.5 Å². The first-order chi connectivity index (χ1) is 16.1. The number of likely N-dealkylation sites (N-methyl/N-ethyl adjacent to an activating group) is 1. The lowest BCUT2D eigenvalue weighted by Gasteiger charge is -2.44. The fraction of sp³-hybridized carbons (Fsp3) is 0.536. The van der Waals surface area contributed by atoms with Gasteiger partial charge in [0.1, 0.15) is 18.1 Å². The number of likely N-dealkylation sites (tertiary alicyclic amines) is 1. The monoisotopic (exact) mass is 450 g/mol. The molecule has 4 rings (SSSR count). The Kier molecular flexibility index (Phi) is 7.92. The summed E-state index contributed by atoms with van der Waals surface area (Å²) in [5.74, 6) is 1.93. The fourth-order valence-corrected chi connectivity index (χ4v) is 5.37. The van der Waals surface area contributed by atoms with Crippen molar-refractivity contribution in [3.05, 3.63) is 59.7 Å². The lowest BCUT2D eigenvalue weighted by molar-refractivity contribution is 0.0424. The van der Waals surface area contributed by atoms with E-state index in [2.05, 4.69) is 36.2 Å². The number of rotatable bonds is 3. The standard InChI is InChI=1S/C28H38N2O3/c1-3-32-25-12-8-11-24(21-25)27(31)30-17-15-28(16-18-30)14-7-6-10-23-9-4-5-13-26(23)33-20-19-29(2)22-28/h4-5,8-9,11-13,21H,3,6-7,10,14-20,22H2,1-2H3. The zero-order chi connectivity index (χ0) is 23.1. The van der Waals surface area contributed by atoms with E-state index >= 15 is 0 Å². The van der Waals surface area contributed by atoms with Gasteiger partial charge in [-0.2, -0.15) is 0 Å². The summed E-state index contributed by atoms with van der Waals surface area (Å²) < 4.78 is 11.7. The highest BCUT2D eigenvalue weighted by Gasteiger charge is 2.36. The van der Waals surface area contributed by atoms with Crippen molar-refractivity contribution in [1.82, 2.24) is 9.80 Å². The van der Waals surface area contributed by atoms with Gasteiger partial charge in [-0.15, -0.1) is 0 Å². The third-order valence-corrected chi connectivity index (χ3v) is 7.22. The molecule has 0 bridgehead atoms. The van der Waals surface area contributed by atoms with Crippen molar-refractivity contribution in [2.24, 2.45) is 5.41 Å². The van der Waals surface area contributed by atoms with Gasteiger partial charge in [-0.1, -0.05) is 30.7 Å². The molecular formula is C28H38N2O3. The topological polar surface area (TPSA) is 42.0 Å². The average Bonchev–Trinajstić information content (AvgIpc) is 2.82. The van der Waals surface area contributed by atoms with Crippen molar-refractivity contribution in [2.45, 2.75) is 45.4 Å². The van der Waals surface area contributed by atoms with Gasteiger partial charge >= 0.3 is 0 Å². The second kappa shape index (κ2) is 11.1. The molecule has 2 aromatic carbocycles. The molecule has 2 aromatic rings. The van der Waals surface area contributed by atoms with Gasteiger partial charge < -0.3 is 19.3 Å². The van der Waals surface area contributed by atoms with Gasteiger partial charge in [0.05, 0.1) is 6.61 Å². The molecule has 1 fully saturated rings. The van der Waals surface area contributed by atoms with E-state index in [9.17, 15) is 4.79 Å². The third-order valence-electron chi connectivity index (χ3n) is 7.22. The van der Waals surface area contributed by atoms with Crippen molar-refractivity contribution >= 4 is 5.91 Å². The molecule has 2 aliphatic rings. The number of amides is 1. The van der Waals surface area contributed by atoms with Crippen molar-refractivity contribution in [1.29, 1.82) is 0 Å². The average molecular weight is 451 g/mol. The summed E-state index contributed by atoms with van der Waals surface area (Å²) in [6, 6.07) is 16.1. The summed E-state index contributed by atoms with van der Waals surface area (Å²) in [6.07, 6.45) is 6.81. The van der Waals surface area contributed by atoms with Gasteiger partial charge in [-0.25, -0.2) is 0 Å². The number of ether oxygens (including phenoxy) is 2. The predicted octanol–water partition coefficient (Wildman–Crippen LogP) is 5.04. The molecule has 1 saturated heterocycles. The van der Waals surface area contributed by atoms with Crippen LogP contribution in [0, 0.1) is 5.41 Å². The molecule has 0 N–H and O–H groups in total. The minimum absolute atomic E-state index is 0.123. The maximum atomic E-state index is 13.2. The number of aryl methyl sites for hydroxylation is 1. The predicted molar refractivity (Wildman–Crippen MR) is 132 cm³/mol. The molecule has 0 saturated carbocycles. The van der Waals surface area contributed by atoms with E-state index in [4.69, 9.17) is 9.47 Å². The van der Waals surface area contributed by atoms with E-state index in [1.807, 2.05) is 36.1 Å². The summed E-state index contributed by atoms with van der Waals surface area (Å²) in [5.41, 5.74) is 2.32. The maximum absolute atomic E-state index is 13.2. The summed E-state index contributed by atoms with van der Waals surface area (Å²) in [4.78, 5) is 17.6. The van der Waals surface area contributed by atoms with Gasteiger partial charge in [-0.3, -0.25) is 4.79 Å². The Morgan fingerprint density at radius 1 is 1.03 bits per heavy atom. The summed E-state index contributed by atoms with van der Waals surface area (Å²) in [7, 11) is 2.21. The molecule has 0 aliphatic carbocycles. The molecule has 5 nitrogen and oxygen atoms in total. The molecule has 33 heavy (non-hydrogen) atoms. The summed E-state index contributed by atoms with van der Waals surface area (Å²) in [6.45, 7) is 6.92. The van der Waals surface area contributed by atoms with Crippen molar-refractivity contribution in [2.75, 3.05) is 46.4 Å². The molecule has 5 heteroatoms. The van der Waals surface area contributed by atoms with Crippen LogP contribution in [0.4, 0.5) is 0 Å². The molecule has 2 heterocycles. The largest absolute Gasteiger partial charge is 0.494 e. The van der Waals surface area contributed by atoms with Gasteiger partial charge in [0.15, 0.2) is 0 Å². The third kappa shape index (κ3) is 6.08. The van der Waals surface area contributed by atoms with Crippen LogP contribution in [0.25, 0.3) is 0 Å². The minimum Gasteiger partial charge on any atom is -0.494 e. The van der Waals surface area contributed by atoms with Crippen molar-refractivity contribution in [3.8, 4) is 11.5 Å². The van der Waals surface area contributed by atoms with Crippen LogP contribution >= 0.6 is 0 Å². The molecule has 1 amide bonds. The Bertz CT molecular complexity index is 921. The van der Waals surface area contributed by atoms with Crippen LogP contribution in [0.2, 0.25) is 0 Å². The number of carbonyl (C=O) groups is 1. The highest BCUT2D eigenvalue weighted by molar-refractivity contribution is 5.94. The van der Waals surface area contributed by atoms with Gasteiger partial charge in [0, 0.05) is 31.7 Å². The van der Waals surface area contributed by atoms with E-state index in [1.54, 1.807) is 0 Å². The van der Waals surface area contributed by atoms with E-state index in [-0.39, 0.29) is 11.3 Å². The van der Waals surface area contributed by atoms with Crippen LogP contribution in [0.3, 0.4) is 0 Å². The molecular weight excluding hydrogens is 412 g/mol. The number of nitrogens with zero attached hydrogens (tertiary/aromatic N) is 2. The first-order valence-electron chi connectivity index (χ1n) is 12.5. The van der Waals surface area contributed by atoms with Gasteiger partial charge in [-0.05, 0) is 81.3 Å². The van der Waals surface area contributed by atoms with E-state index in [0.717, 1.165) is 62.5 Å². The lowest BCUT2D eigenvalue weighted by Crippen LogP contribution is -2.48. The Balaban J connectivity index is 1.39. The molecule has 0 atom stereocenters. The Morgan fingerprint density at radius 2 is 1.85 bits per heavy atom. The zero-order valence-corrected chi connectivity index (χ0v) is 20.2. The van der Waals surface area contributed by atoms with E-state index in [1.165, 1.54) is 24.8 Å². The fourth-order valence-electron chi connectivity index (χ4n) is 5.37. The van der Waals surface area contributed by atoms with Crippen LogP contribution in [-0.2, 0) is 6.42 Å². The smallest absolute Gasteiger partial charge is 0.253 e. The van der Waals surface area contributed by atoms with Crippen LogP contribution < -0.4 is 9.47 Å². The highest BCUT2D eigenvalue weighted by Crippen LogP contribution is 2.38. The highest BCUT2D eigenvalue weighted by atomic mass is 16.5. The molecule has 0 radical (unpaired) electrons. The number of fused-ring (bicyclic) bond motifs is 1. The minimum atomic E-state index is 0.123. The normalized spacial score (nSPS) is 19.6. The van der Waals surface area contributed by atoms with Gasteiger partial charge in [0.2, 0.25) is 0 Å². The molecule has 0 aromatic heterocycles. The van der Waals surface area contributed by atoms with Crippen LogP contribution in [0.1, 0.15) is 54.9 Å². The molecule has 178 valence electrons. The Hall–Kier alpha value is -2.53. The number of hydrogen-bond acceptors (Lipinski definition) is 4. The maximum Gasteiger partial charge on any atom is 0.253 e. The Labute approximate surface area is 198 Å². The van der Waals surface area contributed by atoms with Gasteiger partial charge in [0.25, 0.3) is 5.91 Å². The number of piperidine rings is 1. The van der Waals surface area contributed by atoms with Crippen molar-refractivity contribution in [3.63, 3.8) is 0 Å². The first kappa shape index (κ1) is 23.6. The van der Waals surface area contributed by atoms with E-state index < -0.39 is 0 Å².